The molecule has 0 spiro atoms. The fraction of sp³-hybridized carbons (Fsp3) is 0.471. The van der Waals surface area contributed by atoms with Gasteiger partial charge in [-0.25, -0.2) is 8.78 Å². The highest BCUT2D eigenvalue weighted by Gasteiger charge is 2.22. The molecular weight excluding hydrogens is 446 g/mol. The smallest absolute Gasteiger partial charge is 0.166 e. The molecule has 36 heavy (non-hydrogen) atoms. The van der Waals surface area contributed by atoms with Crippen molar-refractivity contribution >= 4 is 0 Å². The summed E-state index contributed by atoms with van der Waals surface area (Å²) in [5.41, 5.74) is 5.60. The second-order valence-electron chi connectivity index (χ2n) is 10.8. The summed E-state index contributed by atoms with van der Waals surface area (Å²) < 4.78 is 29.0. The van der Waals surface area contributed by atoms with Gasteiger partial charge in [0.25, 0.3) is 0 Å². The van der Waals surface area contributed by atoms with Crippen LogP contribution in [0.5, 0.6) is 0 Å². The molecule has 1 aliphatic carbocycles. The molecule has 0 amide bonds. The predicted octanol–water partition coefficient (Wildman–Crippen LogP) is 10.2. The van der Waals surface area contributed by atoms with Crippen LogP contribution >= 0.6 is 0 Å². The van der Waals surface area contributed by atoms with Gasteiger partial charge < -0.3 is 0 Å². The van der Waals surface area contributed by atoms with Gasteiger partial charge in [0.2, 0.25) is 0 Å². The van der Waals surface area contributed by atoms with Crippen LogP contribution in [0.3, 0.4) is 0 Å². The van der Waals surface area contributed by atoms with E-state index in [0.29, 0.717) is 17.5 Å². The third-order valence-electron chi connectivity index (χ3n) is 8.16. The van der Waals surface area contributed by atoms with Gasteiger partial charge in [0, 0.05) is 5.56 Å². The van der Waals surface area contributed by atoms with Crippen molar-refractivity contribution in [2.75, 3.05) is 0 Å². The van der Waals surface area contributed by atoms with Crippen molar-refractivity contribution in [2.45, 2.75) is 96.8 Å². The summed E-state index contributed by atoms with van der Waals surface area (Å²) in [5, 5.41) is 0. The van der Waals surface area contributed by atoms with E-state index in [1.54, 1.807) is 12.1 Å². The highest BCUT2D eigenvalue weighted by molar-refractivity contribution is 5.65. The van der Waals surface area contributed by atoms with E-state index in [0.717, 1.165) is 36.7 Å². The number of aryl methyl sites for hydroxylation is 3. The van der Waals surface area contributed by atoms with Crippen LogP contribution < -0.4 is 0 Å². The molecule has 0 aliphatic heterocycles. The molecule has 1 aliphatic rings. The van der Waals surface area contributed by atoms with E-state index in [1.807, 2.05) is 31.2 Å². The minimum absolute atomic E-state index is 0.337. The van der Waals surface area contributed by atoms with Crippen LogP contribution in [0, 0.1) is 17.6 Å². The second kappa shape index (κ2) is 13.2. The van der Waals surface area contributed by atoms with Crippen molar-refractivity contribution in [2.24, 2.45) is 5.92 Å². The van der Waals surface area contributed by atoms with Crippen LogP contribution in [0.25, 0.3) is 11.1 Å². The molecule has 0 saturated heterocycles. The number of benzene rings is 3. The summed E-state index contributed by atoms with van der Waals surface area (Å²) >= 11 is 0. The Morgan fingerprint density at radius 1 is 0.639 bits per heavy atom. The standard InChI is InChI=1S/C34H42F2/c1-3-5-6-8-25-11-17-28(18-12-25)29-19-13-26(14-20-29)9-10-27-15-21-30(22-16-27)32-24-23-31(7-4-2)33(35)34(32)36/h13-16,19-25,28H,3-12,17-18H2,1-2H3. The van der Waals surface area contributed by atoms with Gasteiger partial charge in [-0.15, -0.1) is 0 Å². The molecule has 0 bridgehead atoms. The lowest BCUT2D eigenvalue weighted by atomic mass is 9.77. The van der Waals surface area contributed by atoms with Gasteiger partial charge in [0.1, 0.15) is 0 Å². The third-order valence-corrected chi connectivity index (χ3v) is 8.16. The molecule has 1 fully saturated rings. The Morgan fingerprint density at radius 3 is 1.89 bits per heavy atom. The zero-order valence-electron chi connectivity index (χ0n) is 22.2. The largest absolute Gasteiger partial charge is 0.203 e. The monoisotopic (exact) mass is 488 g/mol. The SMILES string of the molecule is CCCCCC1CCC(c2ccc(CCc3ccc(-c4ccc(CCC)c(F)c4F)cc3)cc2)CC1. The van der Waals surface area contributed by atoms with Crippen LogP contribution in [-0.4, -0.2) is 0 Å². The van der Waals surface area contributed by atoms with Crippen LogP contribution in [0.15, 0.2) is 60.7 Å². The Hall–Kier alpha value is -2.48. The molecule has 0 nitrogen and oxygen atoms in total. The molecule has 192 valence electrons. The first kappa shape index (κ1) is 26.6. The highest BCUT2D eigenvalue weighted by atomic mass is 19.2. The molecule has 0 heterocycles. The molecule has 0 aromatic heterocycles. The first-order valence-electron chi connectivity index (χ1n) is 14.2. The van der Waals surface area contributed by atoms with E-state index in [1.165, 1.54) is 68.1 Å². The summed E-state index contributed by atoms with van der Waals surface area (Å²) in [4.78, 5) is 0. The molecule has 0 atom stereocenters. The number of hydrogen-bond acceptors (Lipinski definition) is 0. The van der Waals surface area contributed by atoms with Gasteiger partial charge in [-0.2, -0.15) is 0 Å². The molecular formula is C34H42F2. The summed E-state index contributed by atoms with van der Waals surface area (Å²) in [7, 11) is 0. The fourth-order valence-corrected chi connectivity index (χ4v) is 5.84. The van der Waals surface area contributed by atoms with Crippen molar-refractivity contribution < 1.29 is 8.78 Å². The first-order valence-corrected chi connectivity index (χ1v) is 14.2. The Bertz CT molecular complexity index is 1070. The Labute approximate surface area is 217 Å². The Kier molecular flexibility index (Phi) is 9.73. The minimum Gasteiger partial charge on any atom is -0.203 e. The maximum Gasteiger partial charge on any atom is 0.166 e. The Balaban J connectivity index is 1.28. The molecule has 0 N–H and O–H groups in total. The Morgan fingerprint density at radius 2 is 1.28 bits per heavy atom. The van der Waals surface area contributed by atoms with Gasteiger partial charge >= 0.3 is 0 Å². The molecule has 0 unspecified atom stereocenters. The summed E-state index contributed by atoms with van der Waals surface area (Å²) in [5.74, 6) is 0.241. The maximum absolute atomic E-state index is 14.6. The molecule has 0 radical (unpaired) electrons. The van der Waals surface area contributed by atoms with Crippen molar-refractivity contribution in [1.29, 1.82) is 0 Å². The second-order valence-corrected chi connectivity index (χ2v) is 10.8. The summed E-state index contributed by atoms with van der Waals surface area (Å²) in [6.07, 6.45) is 14.3. The number of halogens is 2. The average Bonchev–Trinajstić information content (AvgIpc) is 2.92. The number of hydrogen-bond donors (Lipinski definition) is 0. The maximum atomic E-state index is 14.6. The van der Waals surface area contributed by atoms with Crippen molar-refractivity contribution in [3.05, 3.63) is 94.6 Å². The first-order chi connectivity index (χ1) is 17.6. The lowest BCUT2D eigenvalue weighted by Gasteiger charge is -2.29. The van der Waals surface area contributed by atoms with Crippen LogP contribution in [0.1, 0.15) is 99.8 Å². The molecule has 2 heteroatoms. The number of rotatable bonds is 11. The fourth-order valence-electron chi connectivity index (χ4n) is 5.84. The zero-order chi connectivity index (χ0) is 25.3. The zero-order valence-corrected chi connectivity index (χ0v) is 22.2. The van der Waals surface area contributed by atoms with E-state index >= 15 is 0 Å². The van der Waals surface area contributed by atoms with Gasteiger partial charge in [0.05, 0.1) is 0 Å². The minimum atomic E-state index is -0.737. The van der Waals surface area contributed by atoms with Crippen LogP contribution in [0.2, 0.25) is 0 Å². The van der Waals surface area contributed by atoms with Gasteiger partial charge in [0.15, 0.2) is 11.6 Å². The molecule has 1 saturated carbocycles. The van der Waals surface area contributed by atoms with E-state index in [4.69, 9.17) is 0 Å². The summed E-state index contributed by atoms with van der Waals surface area (Å²) in [6, 6.07) is 20.6. The van der Waals surface area contributed by atoms with E-state index in [2.05, 4.69) is 31.2 Å². The van der Waals surface area contributed by atoms with Crippen LogP contribution in [0.4, 0.5) is 8.78 Å². The van der Waals surface area contributed by atoms with Crippen molar-refractivity contribution in [3.63, 3.8) is 0 Å². The quantitative estimate of drug-likeness (QED) is 0.235. The molecule has 3 aromatic rings. The average molecular weight is 489 g/mol. The molecule has 3 aromatic carbocycles. The lowest BCUT2D eigenvalue weighted by molar-refractivity contribution is 0.303. The van der Waals surface area contributed by atoms with Crippen molar-refractivity contribution in [1.82, 2.24) is 0 Å². The highest BCUT2D eigenvalue weighted by Crippen LogP contribution is 2.38. The van der Waals surface area contributed by atoms with Gasteiger partial charge in [-0.05, 0) is 84.6 Å². The van der Waals surface area contributed by atoms with E-state index in [9.17, 15) is 8.78 Å². The lowest BCUT2D eigenvalue weighted by Crippen LogP contribution is -2.13. The van der Waals surface area contributed by atoms with Gasteiger partial charge in [-0.3, -0.25) is 0 Å². The number of unbranched alkanes of at least 4 members (excludes halogenated alkanes) is 2. The topological polar surface area (TPSA) is 0 Å². The molecule has 4 rings (SSSR count). The van der Waals surface area contributed by atoms with E-state index in [-0.39, 0.29) is 0 Å². The summed E-state index contributed by atoms with van der Waals surface area (Å²) in [6.45, 7) is 4.26. The normalized spacial score (nSPS) is 17.9. The third kappa shape index (κ3) is 6.84. The van der Waals surface area contributed by atoms with Crippen LogP contribution in [-0.2, 0) is 19.3 Å². The van der Waals surface area contributed by atoms with Crippen molar-refractivity contribution in [3.8, 4) is 11.1 Å². The predicted molar refractivity (Wildman–Crippen MR) is 148 cm³/mol. The van der Waals surface area contributed by atoms with E-state index < -0.39 is 11.6 Å². The van der Waals surface area contributed by atoms with Gasteiger partial charge in [-0.1, -0.05) is 107 Å².